The topological polar surface area (TPSA) is 60.9 Å². The molecule has 2 aromatic rings. The van der Waals surface area contributed by atoms with Gasteiger partial charge in [-0.25, -0.2) is 8.78 Å². The summed E-state index contributed by atoms with van der Waals surface area (Å²) in [7, 11) is 0. The third-order valence-electron chi connectivity index (χ3n) is 4.30. The van der Waals surface area contributed by atoms with Crippen LogP contribution in [-0.2, 0) is 22.7 Å². The summed E-state index contributed by atoms with van der Waals surface area (Å²) >= 11 is 1.55. The standard InChI is InChI=1S/C18H18F2N2O3S/c19-13-6-12(7-14(20)8-13)10-22-4-3-21(11-15-2-1-5-26-15)16(18(22)25)9-17(23)24/h1-2,5-8,16H,3-4,9-11H2,(H,23,24). The number of hydrogen-bond acceptors (Lipinski definition) is 4. The van der Waals surface area contributed by atoms with E-state index in [1.54, 1.807) is 11.3 Å². The van der Waals surface area contributed by atoms with Crippen LogP contribution in [0.3, 0.4) is 0 Å². The van der Waals surface area contributed by atoms with Crippen molar-refractivity contribution < 1.29 is 23.5 Å². The van der Waals surface area contributed by atoms with E-state index in [0.29, 0.717) is 25.2 Å². The van der Waals surface area contributed by atoms with Gasteiger partial charge in [-0.1, -0.05) is 6.07 Å². The number of carbonyl (C=O) groups excluding carboxylic acids is 1. The number of nitrogens with zero attached hydrogens (tertiary/aromatic N) is 2. The van der Waals surface area contributed by atoms with Crippen molar-refractivity contribution in [2.45, 2.75) is 25.6 Å². The maximum Gasteiger partial charge on any atom is 0.305 e. The van der Waals surface area contributed by atoms with E-state index in [1.165, 1.54) is 17.0 Å². The van der Waals surface area contributed by atoms with Crippen LogP contribution in [0, 0.1) is 11.6 Å². The molecule has 5 nitrogen and oxygen atoms in total. The van der Waals surface area contributed by atoms with E-state index in [4.69, 9.17) is 0 Å². The molecule has 1 atom stereocenters. The van der Waals surface area contributed by atoms with Gasteiger partial charge in [0.2, 0.25) is 5.91 Å². The first-order valence-corrected chi connectivity index (χ1v) is 9.02. The highest BCUT2D eigenvalue weighted by Crippen LogP contribution is 2.22. The summed E-state index contributed by atoms with van der Waals surface area (Å²) in [6, 6.07) is 6.19. The molecule has 0 bridgehead atoms. The molecule has 1 amide bonds. The predicted octanol–water partition coefficient (Wildman–Crippen LogP) is 2.71. The average molecular weight is 380 g/mol. The van der Waals surface area contributed by atoms with Crippen LogP contribution in [0.2, 0.25) is 0 Å². The summed E-state index contributed by atoms with van der Waals surface area (Å²) in [5.74, 6) is -2.80. The molecular weight excluding hydrogens is 362 g/mol. The van der Waals surface area contributed by atoms with Gasteiger partial charge in [-0.2, -0.15) is 0 Å². The van der Waals surface area contributed by atoms with Gasteiger partial charge in [0, 0.05) is 37.1 Å². The van der Waals surface area contributed by atoms with Gasteiger partial charge in [0.25, 0.3) is 0 Å². The van der Waals surface area contributed by atoms with Crippen molar-refractivity contribution in [2.24, 2.45) is 0 Å². The lowest BCUT2D eigenvalue weighted by Gasteiger charge is -2.40. The van der Waals surface area contributed by atoms with E-state index in [2.05, 4.69) is 0 Å². The van der Waals surface area contributed by atoms with Crippen LogP contribution in [0.25, 0.3) is 0 Å². The van der Waals surface area contributed by atoms with Crippen LogP contribution in [-0.4, -0.2) is 45.9 Å². The molecule has 3 rings (SSSR count). The lowest BCUT2D eigenvalue weighted by Crippen LogP contribution is -2.56. The smallest absolute Gasteiger partial charge is 0.305 e. The number of carboxylic acid groups (broad SMARTS) is 1. The number of rotatable bonds is 6. The van der Waals surface area contributed by atoms with Gasteiger partial charge < -0.3 is 10.0 Å². The van der Waals surface area contributed by atoms with Gasteiger partial charge >= 0.3 is 5.97 Å². The molecule has 1 aromatic carbocycles. The van der Waals surface area contributed by atoms with Gasteiger partial charge in [0.15, 0.2) is 0 Å². The van der Waals surface area contributed by atoms with E-state index >= 15 is 0 Å². The molecular formula is C18H18F2N2O3S. The first-order valence-electron chi connectivity index (χ1n) is 8.14. The van der Waals surface area contributed by atoms with Crippen LogP contribution < -0.4 is 0 Å². The zero-order chi connectivity index (χ0) is 18.7. The first-order chi connectivity index (χ1) is 12.4. The fourth-order valence-corrected chi connectivity index (χ4v) is 3.86. The van der Waals surface area contributed by atoms with Crippen molar-refractivity contribution >= 4 is 23.2 Å². The van der Waals surface area contributed by atoms with E-state index < -0.39 is 23.6 Å². The van der Waals surface area contributed by atoms with E-state index in [1.807, 2.05) is 22.4 Å². The Morgan fingerprint density at radius 1 is 1.19 bits per heavy atom. The van der Waals surface area contributed by atoms with Gasteiger partial charge in [-0.15, -0.1) is 11.3 Å². The van der Waals surface area contributed by atoms with Crippen molar-refractivity contribution in [1.82, 2.24) is 9.80 Å². The number of hydrogen-bond donors (Lipinski definition) is 1. The summed E-state index contributed by atoms with van der Waals surface area (Å²) in [6.07, 6.45) is -0.307. The SMILES string of the molecule is O=C(O)CC1C(=O)N(Cc2cc(F)cc(F)c2)CCN1Cc1cccs1. The van der Waals surface area contributed by atoms with E-state index in [-0.39, 0.29) is 18.9 Å². The maximum absolute atomic E-state index is 13.4. The minimum atomic E-state index is -1.06. The summed E-state index contributed by atoms with van der Waals surface area (Å²) in [5.41, 5.74) is 0.344. The predicted molar refractivity (Wildman–Crippen MR) is 92.5 cm³/mol. The van der Waals surface area contributed by atoms with Crippen molar-refractivity contribution in [2.75, 3.05) is 13.1 Å². The second-order valence-corrected chi connectivity index (χ2v) is 7.23. The maximum atomic E-state index is 13.4. The van der Waals surface area contributed by atoms with E-state index in [9.17, 15) is 23.5 Å². The normalized spacial score (nSPS) is 18.3. The molecule has 138 valence electrons. The zero-order valence-corrected chi connectivity index (χ0v) is 14.7. The number of carboxylic acids is 1. The number of piperazine rings is 1. The molecule has 0 aliphatic carbocycles. The first kappa shape index (κ1) is 18.5. The minimum absolute atomic E-state index is 0.0521. The molecule has 8 heteroatoms. The lowest BCUT2D eigenvalue weighted by atomic mass is 10.1. The minimum Gasteiger partial charge on any atom is -0.481 e. The Kier molecular flexibility index (Phi) is 5.63. The molecule has 1 aromatic heterocycles. The third-order valence-corrected chi connectivity index (χ3v) is 5.16. The Morgan fingerprint density at radius 3 is 2.54 bits per heavy atom. The van der Waals surface area contributed by atoms with Crippen LogP contribution in [0.1, 0.15) is 16.9 Å². The third kappa shape index (κ3) is 4.44. The van der Waals surface area contributed by atoms with Crippen LogP contribution >= 0.6 is 11.3 Å². The molecule has 1 unspecified atom stereocenters. The molecule has 1 fully saturated rings. The van der Waals surface area contributed by atoms with Gasteiger partial charge in [0.05, 0.1) is 6.42 Å². The molecule has 1 aliphatic rings. The Bertz CT molecular complexity index is 777. The highest BCUT2D eigenvalue weighted by molar-refractivity contribution is 7.09. The summed E-state index contributed by atoms with van der Waals surface area (Å²) in [5, 5.41) is 11.1. The Hall–Kier alpha value is -2.32. The van der Waals surface area contributed by atoms with Gasteiger partial charge in [0.1, 0.15) is 17.7 Å². The van der Waals surface area contributed by atoms with Crippen molar-refractivity contribution in [3.63, 3.8) is 0 Å². The second-order valence-electron chi connectivity index (χ2n) is 6.20. The number of carbonyl (C=O) groups is 2. The number of aliphatic carboxylic acids is 1. The molecule has 1 saturated heterocycles. The highest BCUT2D eigenvalue weighted by atomic mass is 32.1. The van der Waals surface area contributed by atoms with Crippen LogP contribution in [0.5, 0.6) is 0 Å². The number of amides is 1. The highest BCUT2D eigenvalue weighted by Gasteiger charge is 2.36. The summed E-state index contributed by atoms with van der Waals surface area (Å²) in [4.78, 5) is 28.4. The molecule has 1 aliphatic heterocycles. The second kappa shape index (κ2) is 7.92. The number of halogens is 2. The molecule has 26 heavy (non-hydrogen) atoms. The van der Waals surface area contributed by atoms with Gasteiger partial charge in [-0.3, -0.25) is 14.5 Å². The number of benzene rings is 1. The number of thiophene rings is 1. The van der Waals surface area contributed by atoms with Crippen molar-refractivity contribution in [1.29, 1.82) is 0 Å². The van der Waals surface area contributed by atoms with Gasteiger partial charge in [-0.05, 0) is 29.1 Å². The molecule has 0 saturated carbocycles. The lowest BCUT2D eigenvalue weighted by molar-refractivity contribution is -0.150. The molecule has 2 heterocycles. The summed E-state index contributed by atoms with van der Waals surface area (Å²) < 4.78 is 26.7. The fourth-order valence-electron chi connectivity index (χ4n) is 3.14. The van der Waals surface area contributed by atoms with Crippen molar-refractivity contribution in [3.05, 3.63) is 57.8 Å². The Morgan fingerprint density at radius 2 is 1.92 bits per heavy atom. The largest absolute Gasteiger partial charge is 0.481 e. The molecule has 1 N–H and O–H groups in total. The molecule has 0 spiro atoms. The van der Waals surface area contributed by atoms with Crippen molar-refractivity contribution in [3.8, 4) is 0 Å². The molecule has 0 radical (unpaired) electrons. The summed E-state index contributed by atoms with van der Waals surface area (Å²) in [6.45, 7) is 1.43. The zero-order valence-electron chi connectivity index (χ0n) is 13.9. The monoisotopic (exact) mass is 380 g/mol. The Labute approximate surface area is 153 Å². The fraction of sp³-hybridized carbons (Fsp3) is 0.333. The average Bonchev–Trinajstić information content (AvgIpc) is 3.05. The quantitative estimate of drug-likeness (QED) is 0.837. The van der Waals surface area contributed by atoms with E-state index in [0.717, 1.165) is 10.9 Å². The van der Waals surface area contributed by atoms with Crippen LogP contribution in [0.15, 0.2) is 35.7 Å². The van der Waals surface area contributed by atoms with Crippen LogP contribution in [0.4, 0.5) is 8.78 Å². The Balaban J connectivity index is 1.75.